The van der Waals surface area contributed by atoms with E-state index in [1.807, 2.05) is 48.7 Å². The number of fused-ring (bicyclic) bond motifs is 3. The van der Waals surface area contributed by atoms with Gasteiger partial charge in [0.05, 0.1) is 26.3 Å². The van der Waals surface area contributed by atoms with Crippen LogP contribution in [0.25, 0.3) is 10.9 Å². The van der Waals surface area contributed by atoms with Crippen LogP contribution >= 0.6 is 0 Å². The van der Waals surface area contributed by atoms with E-state index in [9.17, 15) is 9.59 Å². The fraction of sp³-hybridized carbons (Fsp3) is 0.583. The maximum atomic E-state index is 13.8. The molecule has 2 heterocycles. The van der Waals surface area contributed by atoms with Crippen LogP contribution in [0.1, 0.15) is 43.1 Å². The second-order valence-electron chi connectivity index (χ2n) is 9.34. The van der Waals surface area contributed by atoms with Crippen LogP contribution in [0.3, 0.4) is 0 Å². The molecule has 1 unspecified atom stereocenters. The number of aromatic nitrogens is 1. The highest BCUT2D eigenvalue weighted by atomic mass is 16.5. The summed E-state index contributed by atoms with van der Waals surface area (Å²) in [5.74, 6) is 1.08. The molecule has 1 aromatic heterocycles. The minimum atomic E-state index is -1.01. The van der Waals surface area contributed by atoms with Crippen molar-refractivity contribution < 1.29 is 19.1 Å². The molecule has 2 aliphatic rings. The molecule has 0 bridgehead atoms. The number of amides is 2. The number of likely N-dealkylation sites (N-methyl/N-ethyl adjacent to an activating group) is 1. The summed E-state index contributed by atoms with van der Waals surface area (Å²) in [6, 6.07) is 5.72. The van der Waals surface area contributed by atoms with Crippen molar-refractivity contribution in [2.75, 3.05) is 41.4 Å². The average molecular weight is 443 g/mol. The van der Waals surface area contributed by atoms with Gasteiger partial charge in [-0.05, 0) is 52.1 Å². The van der Waals surface area contributed by atoms with Gasteiger partial charge in [0.2, 0.25) is 5.91 Å². The first-order chi connectivity index (χ1) is 15.3. The second-order valence-corrected chi connectivity index (χ2v) is 9.34. The number of carbonyl (C=O) groups is 2. The smallest absolute Gasteiger partial charge is 0.271 e. The highest BCUT2D eigenvalue weighted by Gasteiger charge is 2.48. The van der Waals surface area contributed by atoms with E-state index in [1.54, 1.807) is 19.1 Å². The summed E-state index contributed by atoms with van der Waals surface area (Å²) < 4.78 is 13.1. The number of hydrogen-bond donors (Lipinski definition) is 1. The number of carbonyl (C=O) groups excluding carboxylic acids is 2. The number of nitrogens with one attached hydrogen (secondary N) is 1. The molecule has 1 aliphatic carbocycles. The lowest BCUT2D eigenvalue weighted by molar-refractivity contribution is -0.133. The molecule has 4 rings (SSSR count). The first-order valence-corrected chi connectivity index (χ1v) is 11.3. The molecular formula is C24H34N4O4. The Balaban J connectivity index is 1.82. The molecule has 8 heteroatoms. The molecule has 174 valence electrons. The number of benzene rings is 1. The first kappa shape index (κ1) is 22.5. The molecule has 1 saturated carbocycles. The van der Waals surface area contributed by atoms with Crippen molar-refractivity contribution in [2.45, 2.75) is 50.7 Å². The van der Waals surface area contributed by atoms with Gasteiger partial charge in [-0.1, -0.05) is 12.8 Å². The van der Waals surface area contributed by atoms with E-state index in [2.05, 4.69) is 5.32 Å². The van der Waals surface area contributed by atoms with Crippen molar-refractivity contribution in [3.63, 3.8) is 0 Å². The highest BCUT2D eigenvalue weighted by Crippen LogP contribution is 2.40. The molecule has 1 aliphatic heterocycles. The Bertz CT molecular complexity index is 1020. The van der Waals surface area contributed by atoms with E-state index in [4.69, 9.17) is 9.47 Å². The minimum absolute atomic E-state index is 0.0918. The highest BCUT2D eigenvalue weighted by molar-refractivity contribution is 6.05. The molecule has 0 spiro atoms. The fourth-order valence-corrected chi connectivity index (χ4v) is 5.02. The molecule has 0 saturated heterocycles. The van der Waals surface area contributed by atoms with Crippen LogP contribution in [-0.2, 0) is 11.3 Å². The van der Waals surface area contributed by atoms with Gasteiger partial charge in [0.1, 0.15) is 22.7 Å². The normalized spacial score (nSPS) is 21.3. The molecule has 2 amide bonds. The largest absolute Gasteiger partial charge is 0.496 e. The first-order valence-electron chi connectivity index (χ1n) is 11.3. The van der Waals surface area contributed by atoms with Gasteiger partial charge in [-0.25, -0.2) is 0 Å². The Labute approximate surface area is 189 Å². The van der Waals surface area contributed by atoms with Crippen molar-refractivity contribution in [1.29, 1.82) is 0 Å². The lowest BCUT2D eigenvalue weighted by Gasteiger charge is -2.45. The van der Waals surface area contributed by atoms with Gasteiger partial charge in [0.15, 0.2) is 0 Å². The maximum absolute atomic E-state index is 13.8. The van der Waals surface area contributed by atoms with Crippen LogP contribution in [0.5, 0.6) is 11.5 Å². The predicted molar refractivity (Wildman–Crippen MR) is 123 cm³/mol. The van der Waals surface area contributed by atoms with Gasteiger partial charge in [-0.3, -0.25) is 9.59 Å². The molecular weight excluding hydrogens is 408 g/mol. The quantitative estimate of drug-likeness (QED) is 0.713. The van der Waals surface area contributed by atoms with Crippen molar-refractivity contribution >= 4 is 22.7 Å². The summed E-state index contributed by atoms with van der Waals surface area (Å²) in [5, 5.41) is 4.04. The van der Waals surface area contributed by atoms with E-state index in [0.29, 0.717) is 36.8 Å². The Morgan fingerprint density at radius 1 is 1.19 bits per heavy atom. The summed E-state index contributed by atoms with van der Waals surface area (Å²) in [6.07, 6.45) is 4.26. The van der Waals surface area contributed by atoms with Gasteiger partial charge in [0, 0.05) is 24.5 Å². The number of ether oxygens (including phenoxy) is 2. The Kier molecular flexibility index (Phi) is 6.07. The summed E-state index contributed by atoms with van der Waals surface area (Å²) in [4.78, 5) is 31.2. The summed E-state index contributed by atoms with van der Waals surface area (Å²) in [7, 11) is 7.16. The van der Waals surface area contributed by atoms with Crippen LogP contribution in [0.15, 0.2) is 18.2 Å². The fourth-order valence-electron chi connectivity index (χ4n) is 5.02. The third-order valence-electron chi connectivity index (χ3n) is 6.90. The molecule has 1 atom stereocenters. The zero-order chi connectivity index (χ0) is 23.0. The number of nitrogens with zero attached hydrogens (tertiary/aromatic N) is 3. The Hall–Kier alpha value is -2.74. The second kappa shape index (κ2) is 8.65. The van der Waals surface area contributed by atoms with Crippen LogP contribution in [0, 0.1) is 0 Å². The van der Waals surface area contributed by atoms with Crippen LogP contribution in [-0.4, -0.2) is 79.2 Å². The van der Waals surface area contributed by atoms with Gasteiger partial charge >= 0.3 is 0 Å². The lowest BCUT2D eigenvalue weighted by atomic mass is 9.94. The summed E-state index contributed by atoms with van der Waals surface area (Å²) >= 11 is 0. The van der Waals surface area contributed by atoms with E-state index in [0.717, 1.165) is 36.6 Å². The monoisotopic (exact) mass is 442 g/mol. The van der Waals surface area contributed by atoms with Crippen LogP contribution < -0.4 is 14.8 Å². The van der Waals surface area contributed by atoms with Gasteiger partial charge in [-0.15, -0.1) is 0 Å². The van der Waals surface area contributed by atoms with Crippen molar-refractivity contribution in [2.24, 2.45) is 0 Å². The van der Waals surface area contributed by atoms with E-state index >= 15 is 0 Å². The van der Waals surface area contributed by atoms with Crippen molar-refractivity contribution in [1.82, 2.24) is 19.7 Å². The van der Waals surface area contributed by atoms with Gasteiger partial charge < -0.3 is 29.2 Å². The molecule has 0 radical (unpaired) electrons. The van der Waals surface area contributed by atoms with E-state index in [1.165, 1.54) is 0 Å². The Morgan fingerprint density at radius 3 is 2.47 bits per heavy atom. The van der Waals surface area contributed by atoms with Crippen LogP contribution in [0.2, 0.25) is 0 Å². The molecule has 32 heavy (non-hydrogen) atoms. The molecule has 2 aromatic rings. The SMILES string of the molecule is COc1ccc(OC)c2c1cc1n2CC(C)(C(=O)NC2CCCC2)N(CCN(C)C)C1=O. The topological polar surface area (TPSA) is 76.0 Å². The van der Waals surface area contributed by atoms with Gasteiger partial charge in [0.25, 0.3) is 5.91 Å². The minimum Gasteiger partial charge on any atom is -0.496 e. The van der Waals surface area contributed by atoms with Crippen LogP contribution in [0.4, 0.5) is 0 Å². The zero-order valence-electron chi connectivity index (χ0n) is 19.7. The van der Waals surface area contributed by atoms with Crippen molar-refractivity contribution in [3.8, 4) is 11.5 Å². The third-order valence-corrected chi connectivity index (χ3v) is 6.90. The summed E-state index contributed by atoms with van der Waals surface area (Å²) in [5.41, 5.74) is 0.318. The average Bonchev–Trinajstić information content (AvgIpc) is 3.41. The standard InChI is InChI=1S/C24H34N4O4/c1-24(23(30)25-16-8-6-7-9-16)15-27-18(22(29)28(24)13-12-26(2)3)14-17-19(31-4)10-11-20(32-5)21(17)27/h10-11,14,16H,6-9,12-13,15H2,1-5H3,(H,25,30). The lowest BCUT2D eigenvalue weighted by Crippen LogP contribution is -2.65. The molecule has 1 aromatic carbocycles. The Morgan fingerprint density at radius 2 is 1.84 bits per heavy atom. The zero-order valence-corrected chi connectivity index (χ0v) is 19.7. The molecule has 1 fully saturated rings. The predicted octanol–water partition coefficient (Wildman–Crippen LogP) is 2.49. The third kappa shape index (κ3) is 3.70. The number of methoxy groups -OCH3 is 2. The maximum Gasteiger partial charge on any atom is 0.271 e. The number of rotatable bonds is 7. The summed E-state index contributed by atoms with van der Waals surface area (Å²) in [6.45, 7) is 3.38. The molecule has 1 N–H and O–H groups in total. The number of hydrogen-bond acceptors (Lipinski definition) is 5. The van der Waals surface area contributed by atoms with E-state index < -0.39 is 5.54 Å². The molecule has 8 nitrogen and oxygen atoms in total. The van der Waals surface area contributed by atoms with E-state index in [-0.39, 0.29) is 17.9 Å². The van der Waals surface area contributed by atoms with Crippen molar-refractivity contribution in [3.05, 3.63) is 23.9 Å². The van der Waals surface area contributed by atoms with Gasteiger partial charge in [-0.2, -0.15) is 0 Å².